The highest BCUT2D eigenvalue weighted by molar-refractivity contribution is 5.64. The maximum Gasteiger partial charge on any atom is 0.253 e. The van der Waals surface area contributed by atoms with Gasteiger partial charge >= 0.3 is 0 Å². The van der Waals surface area contributed by atoms with Gasteiger partial charge in [-0.2, -0.15) is 4.98 Å². The van der Waals surface area contributed by atoms with Gasteiger partial charge in [0.15, 0.2) is 5.65 Å². The number of nitrogens with zero attached hydrogens (tertiary/aromatic N) is 5. The van der Waals surface area contributed by atoms with Gasteiger partial charge in [-0.05, 0) is 43.7 Å². The molecule has 0 saturated heterocycles. The summed E-state index contributed by atoms with van der Waals surface area (Å²) >= 11 is 0. The van der Waals surface area contributed by atoms with Crippen molar-refractivity contribution in [1.29, 1.82) is 0 Å². The molecule has 2 atom stereocenters. The molecule has 5 rings (SSSR count). The molecule has 0 aromatic carbocycles. The van der Waals surface area contributed by atoms with Crippen LogP contribution in [0.5, 0.6) is 0 Å². The van der Waals surface area contributed by atoms with Gasteiger partial charge in [0.05, 0.1) is 0 Å². The summed E-state index contributed by atoms with van der Waals surface area (Å²) in [5, 5.41) is 12.3. The van der Waals surface area contributed by atoms with Crippen molar-refractivity contribution >= 4 is 11.2 Å². The van der Waals surface area contributed by atoms with Crippen LogP contribution in [0.15, 0.2) is 41.1 Å². The lowest BCUT2D eigenvalue weighted by Gasteiger charge is -2.16. The lowest BCUT2D eigenvalue weighted by Crippen LogP contribution is -2.05. The van der Waals surface area contributed by atoms with Crippen molar-refractivity contribution in [2.45, 2.75) is 19.8 Å². The molecule has 3 aromatic heterocycles. The summed E-state index contributed by atoms with van der Waals surface area (Å²) < 4.78 is 7.44. The summed E-state index contributed by atoms with van der Waals surface area (Å²) in [5.74, 6) is 3.21. The number of aryl methyl sites for hydroxylation is 1. The third-order valence-electron chi connectivity index (χ3n) is 4.63. The zero-order valence-electron chi connectivity index (χ0n) is 12.7. The molecule has 0 fully saturated rings. The zero-order chi connectivity index (χ0) is 15.4. The van der Waals surface area contributed by atoms with E-state index in [0.29, 0.717) is 23.6 Å². The molecule has 114 valence electrons. The van der Waals surface area contributed by atoms with E-state index in [1.54, 1.807) is 0 Å². The van der Waals surface area contributed by atoms with Crippen molar-refractivity contribution < 1.29 is 4.52 Å². The van der Waals surface area contributed by atoms with Crippen molar-refractivity contribution in [3.05, 3.63) is 48.3 Å². The average molecular weight is 305 g/mol. The molecule has 0 radical (unpaired) electrons. The molecule has 2 unspecified atom stereocenters. The molecule has 0 saturated carbocycles. The van der Waals surface area contributed by atoms with Gasteiger partial charge in [0.2, 0.25) is 5.82 Å². The molecular weight excluding hydrogens is 290 g/mol. The number of pyridine rings is 1. The Labute approximate surface area is 132 Å². The van der Waals surface area contributed by atoms with Crippen LogP contribution in [0.1, 0.15) is 24.6 Å². The minimum absolute atomic E-state index is 0.523. The largest absolute Gasteiger partial charge is 0.334 e. The lowest BCUT2D eigenvalue weighted by molar-refractivity contribution is 0.402. The molecule has 6 heteroatoms. The molecule has 2 aliphatic rings. The smallest absolute Gasteiger partial charge is 0.253 e. The Morgan fingerprint density at radius 3 is 3.09 bits per heavy atom. The highest BCUT2D eigenvalue weighted by atomic mass is 16.5. The third-order valence-corrected chi connectivity index (χ3v) is 4.63. The van der Waals surface area contributed by atoms with Crippen LogP contribution in [0.3, 0.4) is 0 Å². The Kier molecular flexibility index (Phi) is 2.56. The van der Waals surface area contributed by atoms with Crippen LogP contribution in [0, 0.1) is 18.8 Å². The van der Waals surface area contributed by atoms with Crippen LogP contribution < -0.4 is 0 Å². The summed E-state index contributed by atoms with van der Waals surface area (Å²) in [6, 6.07) is 3.86. The number of allylic oxidation sites excluding steroid dienone is 4. The molecule has 6 nitrogen and oxygen atoms in total. The van der Waals surface area contributed by atoms with Gasteiger partial charge in [-0.15, -0.1) is 10.2 Å². The fourth-order valence-corrected chi connectivity index (χ4v) is 3.46. The van der Waals surface area contributed by atoms with E-state index in [0.717, 1.165) is 29.0 Å². The van der Waals surface area contributed by atoms with Crippen LogP contribution in [0.25, 0.3) is 22.6 Å². The maximum atomic E-state index is 5.51. The van der Waals surface area contributed by atoms with Gasteiger partial charge in [-0.25, -0.2) is 0 Å². The molecule has 2 aliphatic carbocycles. The van der Waals surface area contributed by atoms with Crippen LogP contribution in [-0.2, 0) is 0 Å². The maximum absolute atomic E-state index is 5.51. The molecule has 0 aliphatic heterocycles. The summed E-state index contributed by atoms with van der Waals surface area (Å²) in [6.45, 7) is 1.92. The van der Waals surface area contributed by atoms with Crippen molar-refractivity contribution in [2.24, 2.45) is 11.8 Å². The monoisotopic (exact) mass is 305 g/mol. The SMILES string of the molecule is Cc1nnc2ccc(-c3noc(C4=CC5C=CC(C4)C5)n3)cn12. The Morgan fingerprint density at radius 1 is 1.22 bits per heavy atom. The summed E-state index contributed by atoms with van der Waals surface area (Å²) in [4.78, 5) is 4.59. The first-order valence-corrected chi connectivity index (χ1v) is 7.81. The van der Waals surface area contributed by atoms with Crippen molar-refractivity contribution in [1.82, 2.24) is 24.7 Å². The number of hydrogen-bond donors (Lipinski definition) is 0. The van der Waals surface area contributed by atoms with Crippen LogP contribution in [-0.4, -0.2) is 24.7 Å². The van der Waals surface area contributed by atoms with E-state index in [-0.39, 0.29) is 0 Å². The normalized spacial score (nSPS) is 22.7. The Balaban J connectivity index is 1.52. The molecule has 3 aromatic rings. The van der Waals surface area contributed by atoms with Gasteiger partial charge in [0.1, 0.15) is 5.82 Å². The second-order valence-corrected chi connectivity index (χ2v) is 6.26. The van der Waals surface area contributed by atoms with Crippen LogP contribution >= 0.6 is 0 Å². The first kappa shape index (κ1) is 12.8. The Bertz CT molecular complexity index is 964. The zero-order valence-corrected chi connectivity index (χ0v) is 12.7. The van der Waals surface area contributed by atoms with Crippen molar-refractivity contribution in [3.8, 4) is 11.4 Å². The molecule has 23 heavy (non-hydrogen) atoms. The highest BCUT2D eigenvalue weighted by Gasteiger charge is 2.27. The van der Waals surface area contributed by atoms with Crippen molar-refractivity contribution in [3.63, 3.8) is 0 Å². The van der Waals surface area contributed by atoms with E-state index >= 15 is 0 Å². The Morgan fingerprint density at radius 2 is 2.17 bits per heavy atom. The topological polar surface area (TPSA) is 69.1 Å². The number of fused-ring (bicyclic) bond motifs is 3. The summed E-state index contributed by atoms with van der Waals surface area (Å²) in [7, 11) is 0. The van der Waals surface area contributed by atoms with Crippen LogP contribution in [0.4, 0.5) is 0 Å². The first-order chi connectivity index (χ1) is 11.3. The summed E-state index contributed by atoms with van der Waals surface area (Å²) in [5.41, 5.74) is 2.87. The fraction of sp³-hybridized carbons (Fsp3) is 0.294. The first-order valence-electron chi connectivity index (χ1n) is 7.81. The molecule has 0 N–H and O–H groups in total. The molecule has 2 bridgehead atoms. The van der Waals surface area contributed by atoms with E-state index in [1.807, 2.05) is 29.7 Å². The number of rotatable bonds is 2. The van der Waals surface area contributed by atoms with Gasteiger partial charge in [0, 0.05) is 17.3 Å². The van der Waals surface area contributed by atoms with Gasteiger partial charge in [0.25, 0.3) is 5.89 Å². The standard InChI is InChI=1S/C17H15N5O/c1-10-19-20-15-5-4-13(9-22(10)15)16-18-17(23-21-16)14-7-11-2-3-12(6-11)8-14/h2-5,7,9,11-12H,6,8H2,1H3. The van der Waals surface area contributed by atoms with Gasteiger partial charge in [-0.3, -0.25) is 4.40 Å². The molecular formula is C17H15N5O. The second-order valence-electron chi connectivity index (χ2n) is 6.26. The minimum atomic E-state index is 0.523. The van der Waals surface area contributed by atoms with E-state index in [4.69, 9.17) is 4.52 Å². The minimum Gasteiger partial charge on any atom is -0.334 e. The number of aromatic nitrogens is 5. The second kappa shape index (κ2) is 4.62. The van der Waals surface area contributed by atoms with E-state index in [9.17, 15) is 0 Å². The van der Waals surface area contributed by atoms with E-state index < -0.39 is 0 Å². The van der Waals surface area contributed by atoms with Crippen LogP contribution in [0.2, 0.25) is 0 Å². The highest BCUT2D eigenvalue weighted by Crippen LogP contribution is 2.39. The molecule has 0 spiro atoms. The lowest BCUT2D eigenvalue weighted by atomic mass is 9.88. The van der Waals surface area contributed by atoms with Gasteiger partial charge < -0.3 is 4.52 Å². The summed E-state index contributed by atoms with van der Waals surface area (Å²) in [6.07, 6.45) is 11.0. The van der Waals surface area contributed by atoms with E-state index in [2.05, 4.69) is 38.6 Å². The average Bonchev–Trinajstić information content (AvgIpc) is 3.27. The quantitative estimate of drug-likeness (QED) is 0.681. The predicted molar refractivity (Wildman–Crippen MR) is 84.3 cm³/mol. The Hall–Kier alpha value is -2.76. The third kappa shape index (κ3) is 2.02. The molecule has 3 heterocycles. The van der Waals surface area contributed by atoms with Gasteiger partial charge in [-0.1, -0.05) is 23.4 Å². The molecule has 0 amide bonds. The predicted octanol–water partition coefficient (Wildman–Crippen LogP) is 3.07. The fourth-order valence-electron chi connectivity index (χ4n) is 3.46. The van der Waals surface area contributed by atoms with Crippen molar-refractivity contribution in [2.75, 3.05) is 0 Å². The van der Waals surface area contributed by atoms with E-state index in [1.165, 1.54) is 6.42 Å². The number of hydrogen-bond acceptors (Lipinski definition) is 5.